The number of para-hydroxylation sites is 1. The normalized spacial score (nSPS) is 13.1. The SMILES string of the molecule is NC(c1cscn1)c1cc2cccc(Cl)c2o1. The molecule has 0 bridgehead atoms. The second-order valence-electron chi connectivity index (χ2n) is 3.70. The number of aromatic nitrogens is 1. The summed E-state index contributed by atoms with van der Waals surface area (Å²) in [5.74, 6) is 0.680. The lowest BCUT2D eigenvalue weighted by molar-refractivity contribution is 0.521. The minimum atomic E-state index is -0.343. The lowest BCUT2D eigenvalue weighted by atomic mass is 10.1. The molecule has 3 rings (SSSR count). The fraction of sp³-hybridized carbons (Fsp3) is 0.0833. The van der Waals surface area contributed by atoms with Gasteiger partial charge in [0.25, 0.3) is 0 Å². The highest BCUT2D eigenvalue weighted by Crippen LogP contribution is 2.30. The van der Waals surface area contributed by atoms with E-state index >= 15 is 0 Å². The van der Waals surface area contributed by atoms with E-state index in [1.54, 1.807) is 11.6 Å². The maximum atomic E-state index is 6.08. The van der Waals surface area contributed by atoms with Crippen molar-refractivity contribution in [3.63, 3.8) is 0 Å². The number of furan rings is 1. The zero-order valence-electron chi connectivity index (χ0n) is 8.76. The largest absolute Gasteiger partial charge is 0.457 e. The van der Waals surface area contributed by atoms with Crippen molar-refractivity contribution in [2.75, 3.05) is 0 Å². The molecule has 0 saturated carbocycles. The molecule has 2 aromatic heterocycles. The molecule has 0 aliphatic rings. The predicted octanol–water partition coefficient (Wildman–Crippen LogP) is 3.59. The van der Waals surface area contributed by atoms with E-state index < -0.39 is 0 Å². The number of thiazole rings is 1. The molecule has 0 fully saturated rings. The summed E-state index contributed by atoms with van der Waals surface area (Å²) >= 11 is 7.57. The van der Waals surface area contributed by atoms with E-state index in [1.165, 1.54) is 11.3 Å². The number of benzene rings is 1. The van der Waals surface area contributed by atoms with Crippen LogP contribution in [0.1, 0.15) is 17.5 Å². The summed E-state index contributed by atoms with van der Waals surface area (Å²) in [6.45, 7) is 0. The minimum absolute atomic E-state index is 0.343. The molecular formula is C12H9ClN2OS. The van der Waals surface area contributed by atoms with Crippen molar-refractivity contribution in [3.05, 3.63) is 51.6 Å². The first kappa shape index (κ1) is 10.8. The van der Waals surface area contributed by atoms with E-state index in [9.17, 15) is 0 Å². The Hall–Kier alpha value is -1.36. The first-order valence-corrected chi connectivity index (χ1v) is 6.39. The van der Waals surface area contributed by atoms with Gasteiger partial charge in [0.2, 0.25) is 0 Å². The third kappa shape index (κ3) is 1.84. The van der Waals surface area contributed by atoms with Crippen molar-refractivity contribution in [3.8, 4) is 0 Å². The Morgan fingerprint density at radius 2 is 2.29 bits per heavy atom. The Morgan fingerprint density at radius 3 is 3.00 bits per heavy atom. The molecule has 5 heteroatoms. The Labute approximate surface area is 107 Å². The number of hydrogen-bond donors (Lipinski definition) is 1. The maximum Gasteiger partial charge on any atom is 0.152 e. The van der Waals surface area contributed by atoms with Crippen LogP contribution in [0.2, 0.25) is 5.02 Å². The van der Waals surface area contributed by atoms with Crippen molar-refractivity contribution >= 4 is 33.9 Å². The summed E-state index contributed by atoms with van der Waals surface area (Å²) in [5, 5.41) is 3.47. The smallest absolute Gasteiger partial charge is 0.152 e. The van der Waals surface area contributed by atoms with Gasteiger partial charge in [-0.05, 0) is 12.1 Å². The Bertz CT molecular complexity index is 648. The Morgan fingerprint density at radius 1 is 1.41 bits per heavy atom. The second-order valence-corrected chi connectivity index (χ2v) is 4.82. The predicted molar refractivity (Wildman–Crippen MR) is 69.4 cm³/mol. The van der Waals surface area contributed by atoms with E-state index in [2.05, 4.69) is 4.98 Å². The third-order valence-corrected chi connectivity index (χ3v) is 3.49. The quantitative estimate of drug-likeness (QED) is 0.770. The van der Waals surface area contributed by atoms with Crippen LogP contribution in [0, 0.1) is 0 Å². The topological polar surface area (TPSA) is 52.0 Å². The number of nitrogens with two attached hydrogens (primary N) is 1. The summed E-state index contributed by atoms with van der Waals surface area (Å²) in [5.41, 5.74) is 9.32. The van der Waals surface area contributed by atoms with Gasteiger partial charge >= 0.3 is 0 Å². The van der Waals surface area contributed by atoms with Crippen molar-refractivity contribution in [2.24, 2.45) is 5.73 Å². The zero-order chi connectivity index (χ0) is 11.8. The van der Waals surface area contributed by atoms with E-state index in [1.807, 2.05) is 23.6 Å². The highest BCUT2D eigenvalue weighted by molar-refractivity contribution is 7.07. The van der Waals surface area contributed by atoms with Crippen LogP contribution in [0.25, 0.3) is 11.0 Å². The average molecular weight is 265 g/mol. The highest BCUT2D eigenvalue weighted by Gasteiger charge is 2.16. The van der Waals surface area contributed by atoms with E-state index in [4.69, 9.17) is 21.8 Å². The number of rotatable bonds is 2. The molecular weight excluding hydrogens is 256 g/mol. The minimum Gasteiger partial charge on any atom is -0.457 e. The summed E-state index contributed by atoms with van der Waals surface area (Å²) < 4.78 is 5.69. The molecule has 0 radical (unpaired) electrons. The molecule has 1 unspecified atom stereocenters. The van der Waals surface area contributed by atoms with E-state index in [-0.39, 0.29) is 6.04 Å². The van der Waals surface area contributed by atoms with Crippen molar-refractivity contribution in [2.45, 2.75) is 6.04 Å². The van der Waals surface area contributed by atoms with Gasteiger partial charge in [0.05, 0.1) is 16.2 Å². The molecule has 3 nitrogen and oxygen atoms in total. The molecule has 86 valence electrons. The van der Waals surface area contributed by atoms with Crippen LogP contribution in [0.5, 0.6) is 0 Å². The van der Waals surface area contributed by atoms with Crippen LogP contribution in [0.15, 0.2) is 39.6 Å². The molecule has 2 heterocycles. The van der Waals surface area contributed by atoms with Crippen LogP contribution in [0.4, 0.5) is 0 Å². The fourth-order valence-electron chi connectivity index (χ4n) is 1.72. The number of halogens is 1. The average Bonchev–Trinajstić information content (AvgIpc) is 2.98. The van der Waals surface area contributed by atoms with Crippen molar-refractivity contribution < 1.29 is 4.42 Å². The second kappa shape index (κ2) is 4.14. The van der Waals surface area contributed by atoms with Crippen LogP contribution in [-0.4, -0.2) is 4.98 Å². The molecule has 1 atom stereocenters. The molecule has 0 saturated heterocycles. The standard InChI is InChI=1S/C12H9ClN2OS/c13-8-3-1-2-7-4-10(16-12(7)8)11(14)9-5-17-6-15-9/h1-6,11H,14H2. The first-order valence-electron chi connectivity index (χ1n) is 5.07. The lowest BCUT2D eigenvalue weighted by Gasteiger charge is -2.03. The van der Waals surface area contributed by atoms with Gasteiger partial charge in [0.15, 0.2) is 5.58 Å². The molecule has 0 amide bonds. The lowest BCUT2D eigenvalue weighted by Crippen LogP contribution is -2.10. The van der Waals surface area contributed by atoms with Gasteiger partial charge in [-0.2, -0.15) is 0 Å². The van der Waals surface area contributed by atoms with E-state index in [0.717, 1.165) is 11.1 Å². The number of nitrogens with zero attached hydrogens (tertiary/aromatic N) is 1. The molecule has 1 aromatic carbocycles. The molecule has 0 aliphatic carbocycles. The van der Waals surface area contributed by atoms with Gasteiger partial charge in [0.1, 0.15) is 11.8 Å². The van der Waals surface area contributed by atoms with Gasteiger partial charge in [-0.1, -0.05) is 23.7 Å². The van der Waals surface area contributed by atoms with E-state index in [0.29, 0.717) is 16.4 Å². The molecule has 2 N–H and O–H groups in total. The summed E-state index contributed by atoms with van der Waals surface area (Å²) in [6.07, 6.45) is 0. The Balaban J connectivity index is 2.10. The fourth-order valence-corrected chi connectivity index (χ4v) is 2.53. The van der Waals surface area contributed by atoms with Gasteiger partial charge < -0.3 is 10.2 Å². The van der Waals surface area contributed by atoms with Crippen LogP contribution in [0.3, 0.4) is 0 Å². The molecule has 17 heavy (non-hydrogen) atoms. The summed E-state index contributed by atoms with van der Waals surface area (Å²) in [4.78, 5) is 4.19. The highest BCUT2D eigenvalue weighted by atomic mass is 35.5. The van der Waals surface area contributed by atoms with Gasteiger partial charge in [-0.3, -0.25) is 0 Å². The third-order valence-electron chi connectivity index (χ3n) is 2.59. The Kier molecular flexibility index (Phi) is 2.63. The zero-order valence-corrected chi connectivity index (χ0v) is 10.3. The molecule has 0 spiro atoms. The number of fused-ring (bicyclic) bond motifs is 1. The first-order chi connectivity index (χ1) is 8.25. The summed E-state index contributed by atoms with van der Waals surface area (Å²) in [6, 6.07) is 7.20. The van der Waals surface area contributed by atoms with Crippen LogP contribution < -0.4 is 5.73 Å². The molecule has 3 aromatic rings. The molecule has 0 aliphatic heterocycles. The number of hydrogen-bond acceptors (Lipinski definition) is 4. The van der Waals surface area contributed by atoms with Gasteiger partial charge in [-0.15, -0.1) is 11.3 Å². The monoisotopic (exact) mass is 264 g/mol. The maximum absolute atomic E-state index is 6.08. The van der Waals surface area contributed by atoms with Crippen LogP contribution in [-0.2, 0) is 0 Å². The van der Waals surface area contributed by atoms with Gasteiger partial charge in [0, 0.05) is 10.8 Å². The van der Waals surface area contributed by atoms with Gasteiger partial charge in [-0.25, -0.2) is 4.98 Å². The van der Waals surface area contributed by atoms with Crippen LogP contribution >= 0.6 is 22.9 Å². The summed E-state index contributed by atoms with van der Waals surface area (Å²) in [7, 11) is 0. The van der Waals surface area contributed by atoms with Crippen molar-refractivity contribution in [1.29, 1.82) is 0 Å². The van der Waals surface area contributed by atoms with Crippen molar-refractivity contribution in [1.82, 2.24) is 4.98 Å².